The molecule has 18 heavy (non-hydrogen) atoms. The maximum atomic E-state index is 12.9. The summed E-state index contributed by atoms with van der Waals surface area (Å²) in [4.78, 5) is 23.1. The molecule has 0 saturated carbocycles. The molecule has 0 saturated heterocycles. The lowest BCUT2D eigenvalue weighted by molar-refractivity contribution is -0.136. The van der Waals surface area contributed by atoms with Crippen LogP contribution in [0.15, 0.2) is 35.5 Å². The lowest BCUT2D eigenvalue weighted by atomic mass is 9.96. The first-order chi connectivity index (χ1) is 8.65. The second-order valence-electron chi connectivity index (χ2n) is 4.05. The van der Waals surface area contributed by atoms with E-state index in [1.54, 1.807) is 0 Å². The van der Waals surface area contributed by atoms with Gasteiger partial charge >= 0.3 is 12.0 Å². The summed E-state index contributed by atoms with van der Waals surface area (Å²) in [6.07, 6.45) is 0. The first kappa shape index (κ1) is 10.8. The lowest BCUT2D eigenvalue weighted by Gasteiger charge is -2.24. The first-order valence-electron chi connectivity index (χ1n) is 5.38. The van der Waals surface area contributed by atoms with Gasteiger partial charge in [0.25, 0.3) is 0 Å². The van der Waals surface area contributed by atoms with Crippen molar-refractivity contribution in [3.05, 3.63) is 46.9 Å². The standard InChI is InChI=1S/C12H9FN2O3/c13-7-3-1-6(2-4-7)10-9-8(5-18-11(9)16)14-12(17)15-10/h1-4,10H,5H2,(H2,14,15,17)/t10-/m1/s1. The van der Waals surface area contributed by atoms with Gasteiger partial charge in [-0.05, 0) is 17.7 Å². The van der Waals surface area contributed by atoms with Gasteiger partial charge in [-0.15, -0.1) is 0 Å². The van der Waals surface area contributed by atoms with Crippen molar-refractivity contribution in [3.8, 4) is 0 Å². The molecule has 1 aromatic rings. The highest BCUT2D eigenvalue weighted by Crippen LogP contribution is 2.30. The molecule has 2 N–H and O–H groups in total. The third-order valence-electron chi connectivity index (χ3n) is 2.92. The van der Waals surface area contributed by atoms with Crippen LogP contribution in [0, 0.1) is 5.82 Å². The van der Waals surface area contributed by atoms with E-state index < -0.39 is 18.0 Å². The number of amides is 2. The third-order valence-corrected chi connectivity index (χ3v) is 2.92. The summed E-state index contributed by atoms with van der Waals surface area (Å²) in [6.45, 7) is 0.0687. The number of benzene rings is 1. The van der Waals surface area contributed by atoms with Gasteiger partial charge in [0, 0.05) is 0 Å². The fourth-order valence-corrected chi connectivity index (χ4v) is 2.09. The Morgan fingerprint density at radius 2 is 1.94 bits per heavy atom. The van der Waals surface area contributed by atoms with Crippen LogP contribution in [0.25, 0.3) is 0 Å². The molecule has 3 rings (SSSR count). The number of esters is 1. The van der Waals surface area contributed by atoms with E-state index in [1.165, 1.54) is 24.3 Å². The molecule has 0 fully saturated rings. The quantitative estimate of drug-likeness (QED) is 0.728. The Kier molecular flexibility index (Phi) is 2.29. The van der Waals surface area contributed by atoms with Crippen LogP contribution in [0.4, 0.5) is 9.18 Å². The largest absolute Gasteiger partial charge is 0.456 e. The highest BCUT2D eigenvalue weighted by Gasteiger charge is 2.37. The predicted octanol–water partition coefficient (Wildman–Crippen LogP) is 0.990. The van der Waals surface area contributed by atoms with Crippen molar-refractivity contribution in [2.75, 3.05) is 6.61 Å². The zero-order valence-electron chi connectivity index (χ0n) is 9.20. The smallest absolute Gasteiger partial charge is 0.338 e. The molecule has 2 aliphatic rings. The second kappa shape index (κ2) is 3.83. The summed E-state index contributed by atoms with van der Waals surface area (Å²) in [5.74, 6) is -0.839. The zero-order valence-corrected chi connectivity index (χ0v) is 9.20. The molecule has 2 aliphatic heterocycles. The Morgan fingerprint density at radius 3 is 2.67 bits per heavy atom. The molecule has 0 bridgehead atoms. The van der Waals surface area contributed by atoms with Gasteiger partial charge in [0.05, 0.1) is 17.3 Å². The molecule has 0 aliphatic carbocycles. The number of cyclic esters (lactones) is 1. The molecule has 2 amide bonds. The fourth-order valence-electron chi connectivity index (χ4n) is 2.09. The summed E-state index contributed by atoms with van der Waals surface area (Å²) in [5, 5.41) is 5.15. The summed E-state index contributed by atoms with van der Waals surface area (Å²) in [6, 6.07) is 4.63. The Balaban J connectivity index is 2.04. The fraction of sp³-hybridized carbons (Fsp3) is 0.167. The van der Waals surface area contributed by atoms with Crippen LogP contribution in [-0.4, -0.2) is 18.6 Å². The SMILES string of the molecule is O=C1NC2=C(C(=O)OC2)[C@@H](c2ccc(F)cc2)N1. The molecular formula is C12H9FN2O3. The monoisotopic (exact) mass is 248 g/mol. The molecule has 6 heteroatoms. The summed E-state index contributed by atoms with van der Waals surface area (Å²) in [7, 11) is 0. The van der Waals surface area contributed by atoms with Crippen molar-refractivity contribution in [3.63, 3.8) is 0 Å². The number of urea groups is 1. The van der Waals surface area contributed by atoms with Crippen molar-refractivity contribution in [1.82, 2.24) is 10.6 Å². The van der Waals surface area contributed by atoms with E-state index in [1.807, 2.05) is 0 Å². The number of carbonyl (C=O) groups excluding carboxylic acids is 2. The van der Waals surface area contributed by atoms with Crippen molar-refractivity contribution in [2.24, 2.45) is 0 Å². The number of hydrogen-bond acceptors (Lipinski definition) is 3. The topological polar surface area (TPSA) is 67.4 Å². The lowest BCUT2D eigenvalue weighted by Crippen LogP contribution is -2.44. The van der Waals surface area contributed by atoms with Gasteiger partial charge in [-0.2, -0.15) is 0 Å². The van der Waals surface area contributed by atoms with E-state index in [0.717, 1.165) is 0 Å². The average Bonchev–Trinajstić information content (AvgIpc) is 2.71. The number of halogens is 1. The Labute approximate surface area is 102 Å². The second-order valence-corrected chi connectivity index (χ2v) is 4.05. The molecular weight excluding hydrogens is 239 g/mol. The molecule has 5 nitrogen and oxygen atoms in total. The van der Waals surface area contributed by atoms with E-state index >= 15 is 0 Å². The number of hydrogen-bond donors (Lipinski definition) is 2. The van der Waals surface area contributed by atoms with Gasteiger partial charge in [-0.3, -0.25) is 0 Å². The maximum absolute atomic E-state index is 12.9. The van der Waals surface area contributed by atoms with E-state index in [-0.39, 0.29) is 12.4 Å². The first-order valence-corrected chi connectivity index (χ1v) is 5.38. The molecule has 1 aromatic carbocycles. The van der Waals surface area contributed by atoms with E-state index in [4.69, 9.17) is 4.74 Å². The minimum absolute atomic E-state index is 0.0687. The Bertz CT molecular complexity index is 565. The minimum Gasteiger partial charge on any atom is -0.456 e. The van der Waals surface area contributed by atoms with Crippen LogP contribution >= 0.6 is 0 Å². The Morgan fingerprint density at radius 1 is 1.22 bits per heavy atom. The molecule has 0 radical (unpaired) electrons. The van der Waals surface area contributed by atoms with Gasteiger partial charge in [0.15, 0.2) is 0 Å². The van der Waals surface area contributed by atoms with Gasteiger partial charge in [0.1, 0.15) is 12.4 Å². The number of rotatable bonds is 1. The normalized spacial score (nSPS) is 22.2. The minimum atomic E-state index is -0.593. The van der Waals surface area contributed by atoms with Crippen LogP contribution in [-0.2, 0) is 9.53 Å². The number of nitrogens with one attached hydrogen (secondary N) is 2. The van der Waals surface area contributed by atoms with Crippen molar-refractivity contribution >= 4 is 12.0 Å². The van der Waals surface area contributed by atoms with Crippen molar-refractivity contribution in [2.45, 2.75) is 6.04 Å². The van der Waals surface area contributed by atoms with Crippen LogP contribution in [0.2, 0.25) is 0 Å². The Hall–Kier alpha value is -2.37. The third kappa shape index (κ3) is 1.62. The van der Waals surface area contributed by atoms with Crippen LogP contribution < -0.4 is 10.6 Å². The van der Waals surface area contributed by atoms with Gasteiger partial charge in [-0.25, -0.2) is 14.0 Å². The number of carbonyl (C=O) groups is 2. The van der Waals surface area contributed by atoms with Gasteiger partial charge in [0.2, 0.25) is 0 Å². The highest BCUT2D eigenvalue weighted by atomic mass is 19.1. The van der Waals surface area contributed by atoms with E-state index in [0.29, 0.717) is 16.8 Å². The van der Waals surface area contributed by atoms with Gasteiger partial charge in [-0.1, -0.05) is 12.1 Å². The zero-order chi connectivity index (χ0) is 12.7. The van der Waals surface area contributed by atoms with Gasteiger partial charge < -0.3 is 15.4 Å². The molecule has 92 valence electrons. The van der Waals surface area contributed by atoms with Crippen LogP contribution in [0.1, 0.15) is 11.6 Å². The summed E-state index contributed by atoms with van der Waals surface area (Å²) < 4.78 is 17.8. The molecule has 0 unspecified atom stereocenters. The van der Waals surface area contributed by atoms with E-state index in [9.17, 15) is 14.0 Å². The van der Waals surface area contributed by atoms with Crippen molar-refractivity contribution in [1.29, 1.82) is 0 Å². The van der Waals surface area contributed by atoms with Crippen molar-refractivity contribution < 1.29 is 18.7 Å². The molecule has 2 heterocycles. The van der Waals surface area contributed by atoms with Crippen LogP contribution in [0.5, 0.6) is 0 Å². The molecule has 0 spiro atoms. The predicted molar refractivity (Wildman–Crippen MR) is 58.8 cm³/mol. The summed E-state index contributed by atoms with van der Waals surface area (Å²) >= 11 is 0. The summed E-state index contributed by atoms with van der Waals surface area (Å²) in [5.41, 5.74) is 1.48. The van der Waals surface area contributed by atoms with Crippen LogP contribution in [0.3, 0.4) is 0 Å². The maximum Gasteiger partial charge on any atom is 0.338 e. The highest BCUT2D eigenvalue weighted by molar-refractivity contribution is 5.97. The number of ether oxygens (including phenoxy) is 1. The average molecular weight is 248 g/mol. The van der Waals surface area contributed by atoms with E-state index in [2.05, 4.69) is 10.6 Å². The molecule has 1 atom stereocenters. The molecule has 0 aromatic heterocycles.